The van der Waals surface area contributed by atoms with Crippen LogP contribution < -0.4 is 10.9 Å². The number of carbonyl (C=O) groups is 2. The molecule has 9 nitrogen and oxygen atoms in total. The number of carbonyl (C=O) groups excluding carboxylic acids is 2. The highest BCUT2D eigenvalue weighted by Crippen LogP contribution is 2.25. The minimum absolute atomic E-state index is 0.0155. The number of nitriles is 1. The fourth-order valence-electron chi connectivity index (χ4n) is 5.62. The van der Waals surface area contributed by atoms with Crippen molar-refractivity contribution in [2.75, 3.05) is 25.0 Å². The maximum atomic E-state index is 15.1. The highest BCUT2D eigenvalue weighted by molar-refractivity contribution is 6.01. The molecule has 1 aromatic heterocycles. The molecule has 6 rings (SSSR count). The number of halogens is 1. The molecule has 0 unspecified atom stereocenters. The predicted octanol–water partition coefficient (Wildman–Crippen LogP) is 5.08. The van der Waals surface area contributed by atoms with Gasteiger partial charge >= 0.3 is 6.03 Å². The van der Waals surface area contributed by atoms with Gasteiger partial charge in [-0.2, -0.15) is 10.4 Å². The molecule has 0 bridgehead atoms. The minimum atomic E-state index is -0.681. The number of aromatic nitrogens is 2. The van der Waals surface area contributed by atoms with Crippen LogP contribution in [0.1, 0.15) is 28.0 Å². The van der Waals surface area contributed by atoms with Crippen molar-refractivity contribution in [3.05, 3.63) is 118 Å². The number of hydrogen-bond acceptors (Lipinski definition) is 5. The van der Waals surface area contributed by atoms with E-state index < -0.39 is 17.8 Å². The van der Waals surface area contributed by atoms with Gasteiger partial charge < -0.3 is 15.1 Å². The van der Waals surface area contributed by atoms with Gasteiger partial charge in [-0.05, 0) is 35.2 Å². The summed E-state index contributed by atoms with van der Waals surface area (Å²) in [6.45, 7) is 0.493. The van der Waals surface area contributed by atoms with Gasteiger partial charge in [0.2, 0.25) is 0 Å². The molecule has 1 aliphatic heterocycles. The topological polar surface area (TPSA) is 122 Å². The lowest BCUT2D eigenvalue weighted by Crippen LogP contribution is -2.57. The summed E-state index contributed by atoms with van der Waals surface area (Å²) in [4.78, 5) is 42.1. The number of H-pyrrole nitrogens is 1. The molecule has 0 saturated carbocycles. The van der Waals surface area contributed by atoms with Crippen molar-refractivity contribution < 1.29 is 14.0 Å². The molecule has 2 N–H and O–H groups in total. The van der Waals surface area contributed by atoms with E-state index in [2.05, 4.69) is 21.6 Å². The minimum Gasteiger partial charge on any atom is -0.331 e. The smallest absolute Gasteiger partial charge is 0.321 e. The SMILES string of the molecule is N#CC[C@@H]1CN(C(=O)Nc2cccc3ccccc23)CCN1C(=O)c1cc(Cc2n[nH]c(=O)c3ccccc23)ccc1F. The molecular weight excluding hydrogens is 547 g/mol. The number of fused-ring (bicyclic) bond motifs is 2. The van der Waals surface area contributed by atoms with Crippen LogP contribution in [0.25, 0.3) is 21.5 Å². The first kappa shape index (κ1) is 27.6. The first-order chi connectivity index (χ1) is 20.9. The Balaban J connectivity index is 1.20. The average molecular weight is 575 g/mol. The summed E-state index contributed by atoms with van der Waals surface area (Å²) in [7, 11) is 0. The predicted molar refractivity (Wildman–Crippen MR) is 161 cm³/mol. The Hall–Kier alpha value is -5.56. The van der Waals surface area contributed by atoms with E-state index in [1.165, 1.54) is 17.0 Å². The van der Waals surface area contributed by atoms with Crippen LogP contribution in [0, 0.1) is 17.1 Å². The average Bonchev–Trinajstić information content (AvgIpc) is 3.03. The highest BCUT2D eigenvalue weighted by Gasteiger charge is 2.34. The Morgan fingerprint density at radius 2 is 1.72 bits per heavy atom. The molecule has 0 aliphatic carbocycles. The molecular formula is C33H27FN6O3. The molecule has 2 heterocycles. The van der Waals surface area contributed by atoms with Gasteiger partial charge in [-0.3, -0.25) is 9.59 Å². The van der Waals surface area contributed by atoms with Crippen LogP contribution in [0.3, 0.4) is 0 Å². The molecule has 4 aromatic carbocycles. The lowest BCUT2D eigenvalue weighted by atomic mass is 10.0. The number of aromatic amines is 1. The third kappa shape index (κ3) is 5.53. The molecule has 0 radical (unpaired) electrons. The maximum absolute atomic E-state index is 15.1. The van der Waals surface area contributed by atoms with Crippen molar-refractivity contribution in [1.29, 1.82) is 5.26 Å². The Morgan fingerprint density at radius 1 is 0.977 bits per heavy atom. The molecule has 5 aromatic rings. The van der Waals surface area contributed by atoms with Gasteiger partial charge in [0.25, 0.3) is 11.5 Å². The van der Waals surface area contributed by atoms with Gasteiger partial charge in [-0.25, -0.2) is 14.3 Å². The van der Waals surface area contributed by atoms with Crippen LogP contribution in [-0.2, 0) is 6.42 Å². The van der Waals surface area contributed by atoms with Gasteiger partial charge in [0.15, 0.2) is 0 Å². The van der Waals surface area contributed by atoms with Gasteiger partial charge in [0.1, 0.15) is 5.82 Å². The van der Waals surface area contributed by atoms with Gasteiger partial charge in [-0.15, -0.1) is 0 Å². The number of hydrogen-bond donors (Lipinski definition) is 2. The van der Waals surface area contributed by atoms with E-state index in [0.717, 1.165) is 10.8 Å². The molecule has 1 aliphatic rings. The number of piperazine rings is 1. The van der Waals surface area contributed by atoms with Crippen molar-refractivity contribution in [3.63, 3.8) is 0 Å². The summed E-state index contributed by atoms with van der Waals surface area (Å²) in [5.74, 6) is -1.23. The number of benzene rings is 4. The molecule has 3 amide bonds. The maximum Gasteiger partial charge on any atom is 0.321 e. The zero-order chi connectivity index (χ0) is 29.9. The third-order valence-electron chi connectivity index (χ3n) is 7.80. The van der Waals surface area contributed by atoms with Crippen molar-refractivity contribution in [1.82, 2.24) is 20.0 Å². The molecule has 1 fully saturated rings. The number of urea groups is 1. The van der Waals surface area contributed by atoms with Crippen LogP contribution in [0.15, 0.2) is 89.7 Å². The van der Waals surface area contributed by atoms with Crippen LogP contribution >= 0.6 is 0 Å². The second kappa shape index (κ2) is 11.7. The number of anilines is 1. The summed E-state index contributed by atoms with van der Waals surface area (Å²) in [5, 5.41) is 22.2. The summed E-state index contributed by atoms with van der Waals surface area (Å²) in [6.07, 6.45) is 0.250. The quantitative estimate of drug-likeness (QED) is 0.303. The van der Waals surface area contributed by atoms with Crippen LogP contribution in [0.2, 0.25) is 0 Å². The monoisotopic (exact) mass is 574 g/mol. The molecule has 214 valence electrons. The summed E-state index contributed by atoms with van der Waals surface area (Å²) in [6, 6.07) is 25.9. The zero-order valence-electron chi connectivity index (χ0n) is 23.1. The van der Waals surface area contributed by atoms with Crippen LogP contribution in [0.4, 0.5) is 14.9 Å². The van der Waals surface area contributed by atoms with Crippen molar-refractivity contribution in [3.8, 4) is 6.07 Å². The van der Waals surface area contributed by atoms with Gasteiger partial charge in [0.05, 0.1) is 40.9 Å². The zero-order valence-corrected chi connectivity index (χ0v) is 23.1. The fourth-order valence-corrected chi connectivity index (χ4v) is 5.62. The molecule has 43 heavy (non-hydrogen) atoms. The Kier molecular flexibility index (Phi) is 7.54. The van der Waals surface area contributed by atoms with E-state index in [1.807, 2.05) is 48.5 Å². The summed E-state index contributed by atoms with van der Waals surface area (Å²) < 4.78 is 15.1. The third-order valence-corrected chi connectivity index (χ3v) is 7.80. The first-order valence-electron chi connectivity index (χ1n) is 13.9. The van der Waals surface area contributed by atoms with E-state index in [1.54, 1.807) is 29.2 Å². The van der Waals surface area contributed by atoms with Gasteiger partial charge in [0, 0.05) is 36.8 Å². The molecule has 10 heteroatoms. The highest BCUT2D eigenvalue weighted by atomic mass is 19.1. The molecule has 0 spiro atoms. The van der Waals surface area contributed by atoms with E-state index in [4.69, 9.17) is 0 Å². The normalized spacial score (nSPS) is 14.9. The first-order valence-corrected chi connectivity index (χ1v) is 13.9. The van der Waals surface area contributed by atoms with Crippen molar-refractivity contribution in [2.45, 2.75) is 18.9 Å². The van der Waals surface area contributed by atoms with E-state index in [9.17, 15) is 19.6 Å². The van der Waals surface area contributed by atoms with Crippen molar-refractivity contribution >= 4 is 39.2 Å². The molecule has 1 saturated heterocycles. The number of nitrogens with one attached hydrogen (secondary N) is 2. The van der Waals surface area contributed by atoms with E-state index >= 15 is 4.39 Å². The second-order valence-corrected chi connectivity index (χ2v) is 10.5. The van der Waals surface area contributed by atoms with Crippen LogP contribution in [0.5, 0.6) is 0 Å². The van der Waals surface area contributed by atoms with E-state index in [-0.39, 0.29) is 49.6 Å². The Morgan fingerprint density at radius 3 is 2.53 bits per heavy atom. The van der Waals surface area contributed by atoms with Crippen LogP contribution in [-0.4, -0.2) is 57.6 Å². The van der Waals surface area contributed by atoms with Crippen molar-refractivity contribution in [2.24, 2.45) is 0 Å². The van der Waals surface area contributed by atoms with Gasteiger partial charge in [-0.1, -0.05) is 60.7 Å². The largest absolute Gasteiger partial charge is 0.331 e. The number of rotatable bonds is 5. The number of amides is 3. The number of nitrogens with zero attached hydrogens (tertiary/aromatic N) is 4. The summed E-state index contributed by atoms with van der Waals surface area (Å²) in [5.41, 5.74) is 1.47. The summed E-state index contributed by atoms with van der Waals surface area (Å²) >= 11 is 0. The second-order valence-electron chi connectivity index (χ2n) is 10.5. The molecule has 1 atom stereocenters. The standard InChI is InChI=1S/C33H27FN6O3/c34-28-13-12-21(19-30-25-9-3-4-10-26(25)31(41)38-37-30)18-27(28)32(42)40-17-16-39(20-23(40)14-15-35)33(43)36-29-11-5-7-22-6-1-2-8-24(22)29/h1-13,18,23H,14,16-17,19-20H2,(H,36,43)(H,38,41)/t23-/m1/s1. The lowest BCUT2D eigenvalue weighted by molar-refractivity contribution is 0.0522. The Labute approximate surface area is 246 Å². The lowest BCUT2D eigenvalue weighted by Gasteiger charge is -2.40. The van der Waals surface area contributed by atoms with E-state index in [0.29, 0.717) is 27.7 Å². The Bertz CT molecular complexity index is 1960. The fraction of sp³-hybridized carbons (Fsp3) is 0.182.